The van der Waals surface area contributed by atoms with E-state index in [0.29, 0.717) is 23.0 Å². The zero-order valence-corrected chi connectivity index (χ0v) is 12.9. The number of hydrogen-bond donors (Lipinski definition) is 0. The lowest BCUT2D eigenvalue weighted by molar-refractivity contribution is 0.625. The van der Waals surface area contributed by atoms with Crippen LogP contribution in [-0.4, -0.2) is 15.4 Å². The molecule has 0 aliphatic rings. The Morgan fingerprint density at radius 2 is 2.05 bits per heavy atom. The maximum Gasteiger partial charge on any atom is 0.125 e. The predicted octanol–water partition coefficient (Wildman–Crippen LogP) is 4.91. The van der Waals surface area contributed by atoms with Gasteiger partial charge in [0.25, 0.3) is 0 Å². The first-order valence-corrected chi connectivity index (χ1v) is 7.51. The smallest absolute Gasteiger partial charge is 0.125 e. The maximum atomic E-state index is 13.7. The summed E-state index contributed by atoms with van der Waals surface area (Å²) in [6.45, 7) is 1.86. The monoisotopic (exact) mass is 322 g/mol. The minimum absolute atomic E-state index is 0.282. The Morgan fingerprint density at radius 1 is 1.24 bits per heavy atom. The number of rotatable bonds is 3. The fourth-order valence-electron chi connectivity index (χ4n) is 2.51. The third kappa shape index (κ3) is 2.63. The fourth-order valence-corrected chi connectivity index (χ4v) is 2.93. The van der Waals surface area contributed by atoms with Gasteiger partial charge < -0.3 is 0 Å². The van der Waals surface area contributed by atoms with E-state index in [4.69, 9.17) is 23.2 Å². The highest BCUT2D eigenvalue weighted by atomic mass is 35.5. The Kier molecular flexibility index (Phi) is 3.87. The van der Waals surface area contributed by atoms with Crippen LogP contribution in [-0.2, 0) is 6.42 Å². The van der Waals surface area contributed by atoms with Crippen molar-refractivity contribution in [3.8, 4) is 5.69 Å². The van der Waals surface area contributed by atoms with E-state index in [-0.39, 0.29) is 5.82 Å². The Hall–Kier alpha value is -1.58. The first-order valence-electron chi connectivity index (χ1n) is 6.59. The molecule has 3 aromatic rings. The van der Waals surface area contributed by atoms with Crippen molar-refractivity contribution in [1.29, 1.82) is 0 Å². The summed E-state index contributed by atoms with van der Waals surface area (Å²) in [7, 11) is 0. The quantitative estimate of drug-likeness (QED) is 0.626. The van der Waals surface area contributed by atoms with Gasteiger partial charge in [0.15, 0.2) is 0 Å². The van der Waals surface area contributed by atoms with Crippen molar-refractivity contribution in [2.45, 2.75) is 13.3 Å². The van der Waals surface area contributed by atoms with Gasteiger partial charge in [0.2, 0.25) is 0 Å². The van der Waals surface area contributed by atoms with E-state index in [0.717, 1.165) is 22.4 Å². The average Bonchev–Trinajstić information content (AvgIpc) is 2.77. The van der Waals surface area contributed by atoms with E-state index in [1.54, 1.807) is 6.07 Å². The summed E-state index contributed by atoms with van der Waals surface area (Å²) < 4.78 is 15.6. The molecule has 2 aromatic carbocycles. The van der Waals surface area contributed by atoms with Gasteiger partial charge in [-0.1, -0.05) is 17.7 Å². The molecule has 1 heterocycles. The minimum atomic E-state index is -0.282. The van der Waals surface area contributed by atoms with E-state index < -0.39 is 0 Å². The summed E-state index contributed by atoms with van der Waals surface area (Å²) in [5, 5.41) is 0.586. The third-order valence-corrected chi connectivity index (χ3v) is 3.79. The first kappa shape index (κ1) is 14.4. The molecule has 0 saturated carbocycles. The zero-order valence-electron chi connectivity index (χ0n) is 11.4. The Morgan fingerprint density at radius 3 is 2.76 bits per heavy atom. The second-order valence-electron chi connectivity index (χ2n) is 4.90. The highest BCUT2D eigenvalue weighted by Crippen LogP contribution is 2.29. The van der Waals surface area contributed by atoms with Gasteiger partial charge in [-0.25, -0.2) is 9.37 Å². The molecule has 0 aliphatic heterocycles. The summed E-state index contributed by atoms with van der Waals surface area (Å²) in [5.41, 5.74) is 3.12. The lowest BCUT2D eigenvalue weighted by Crippen LogP contribution is -2.03. The van der Waals surface area contributed by atoms with Crippen LogP contribution in [0.5, 0.6) is 0 Å². The van der Waals surface area contributed by atoms with Crippen molar-refractivity contribution in [2.24, 2.45) is 0 Å². The number of hydrogen-bond acceptors (Lipinski definition) is 1. The second-order valence-corrected chi connectivity index (χ2v) is 5.68. The van der Waals surface area contributed by atoms with Gasteiger partial charge in [-0.3, -0.25) is 4.57 Å². The second kappa shape index (κ2) is 5.66. The van der Waals surface area contributed by atoms with Crippen molar-refractivity contribution in [1.82, 2.24) is 9.55 Å². The molecule has 0 fully saturated rings. The van der Waals surface area contributed by atoms with Crippen LogP contribution >= 0.6 is 23.2 Å². The molecule has 2 nitrogen and oxygen atoms in total. The van der Waals surface area contributed by atoms with Crippen LogP contribution in [0.25, 0.3) is 16.7 Å². The third-order valence-electron chi connectivity index (χ3n) is 3.30. The number of aryl methyl sites for hydroxylation is 2. The van der Waals surface area contributed by atoms with Gasteiger partial charge >= 0.3 is 0 Å². The van der Waals surface area contributed by atoms with Crippen LogP contribution in [0.4, 0.5) is 4.39 Å². The van der Waals surface area contributed by atoms with Crippen LogP contribution in [0.3, 0.4) is 0 Å². The number of alkyl halides is 1. The Labute approximate surface area is 132 Å². The van der Waals surface area contributed by atoms with Gasteiger partial charge in [-0.15, -0.1) is 11.6 Å². The Bertz CT molecular complexity index is 791. The molecule has 0 aliphatic carbocycles. The van der Waals surface area contributed by atoms with E-state index >= 15 is 0 Å². The normalized spacial score (nSPS) is 11.2. The Balaban J connectivity index is 2.35. The summed E-state index contributed by atoms with van der Waals surface area (Å²) in [4.78, 5) is 4.57. The minimum Gasteiger partial charge on any atom is -0.295 e. The van der Waals surface area contributed by atoms with Crippen LogP contribution in [0.1, 0.15) is 11.4 Å². The summed E-state index contributed by atoms with van der Waals surface area (Å²) >= 11 is 12.2. The van der Waals surface area contributed by atoms with Crippen molar-refractivity contribution in [3.63, 3.8) is 0 Å². The van der Waals surface area contributed by atoms with Gasteiger partial charge in [-0.05, 0) is 42.8 Å². The largest absolute Gasteiger partial charge is 0.295 e. The number of benzene rings is 2. The number of halogens is 3. The van der Waals surface area contributed by atoms with Gasteiger partial charge in [0, 0.05) is 12.3 Å². The van der Waals surface area contributed by atoms with Gasteiger partial charge in [0.1, 0.15) is 11.6 Å². The zero-order chi connectivity index (χ0) is 15.0. The van der Waals surface area contributed by atoms with Crippen LogP contribution in [0.2, 0.25) is 5.02 Å². The SMILES string of the molecule is Cc1cc(F)cc(-n2c(CCCl)nc3cccc(Cl)c32)c1. The van der Waals surface area contributed by atoms with Gasteiger partial charge in [0.05, 0.1) is 21.7 Å². The molecule has 0 spiro atoms. The summed E-state index contributed by atoms with van der Waals surface area (Å²) in [6, 6.07) is 10.4. The van der Waals surface area contributed by atoms with E-state index in [1.807, 2.05) is 29.7 Å². The van der Waals surface area contributed by atoms with E-state index in [1.165, 1.54) is 12.1 Å². The molecule has 0 saturated heterocycles. The van der Waals surface area contributed by atoms with Crippen molar-refractivity contribution in [2.75, 3.05) is 5.88 Å². The van der Waals surface area contributed by atoms with Crippen molar-refractivity contribution >= 4 is 34.2 Å². The topological polar surface area (TPSA) is 17.8 Å². The molecule has 3 rings (SSSR count). The molecule has 5 heteroatoms. The number of fused-ring (bicyclic) bond motifs is 1. The molecule has 1 aromatic heterocycles. The lowest BCUT2D eigenvalue weighted by atomic mass is 10.2. The van der Waals surface area contributed by atoms with E-state index in [2.05, 4.69) is 4.98 Å². The summed E-state index contributed by atoms with van der Waals surface area (Å²) in [5.74, 6) is 0.934. The highest BCUT2D eigenvalue weighted by Gasteiger charge is 2.15. The molecule has 108 valence electrons. The highest BCUT2D eigenvalue weighted by molar-refractivity contribution is 6.35. The fraction of sp³-hybridized carbons (Fsp3) is 0.188. The predicted molar refractivity (Wildman–Crippen MR) is 85.2 cm³/mol. The number of nitrogens with zero attached hydrogens (tertiary/aromatic N) is 2. The number of imidazole rings is 1. The molecule has 0 unspecified atom stereocenters. The molecule has 21 heavy (non-hydrogen) atoms. The molecule has 0 atom stereocenters. The molecule has 0 bridgehead atoms. The first-order chi connectivity index (χ1) is 10.1. The van der Waals surface area contributed by atoms with Crippen LogP contribution in [0.15, 0.2) is 36.4 Å². The van der Waals surface area contributed by atoms with Gasteiger partial charge in [-0.2, -0.15) is 0 Å². The van der Waals surface area contributed by atoms with E-state index in [9.17, 15) is 4.39 Å². The molecule has 0 N–H and O–H groups in total. The average molecular weight is 323 g/mol. The molecular formula is C16H13Cl2FN2. The van der Waals surface area contributed by atoms with Crippen molar-refractivity contribution < 1.29 is 4.39 Å². The van der Waals surface area contributed by atoms with Crippen LogP contribution in [0, 0.1) is 12.7 Å². The van der Waals surface area contributed by atoms with Crippen LogP contribution < -0.4 is 0 Å². The standard InChI is InChI=1S/C16H13Cl2FN2/c1-10-7-11(19)9-12(8-10)21-15(5-6-17)20-14-4-2-3-13(18)16(14)21/h2-4,7-9H,5-6H2,1H3. The molecule has 0 amide bonds. The molecule has 0 radical (unpaired) electrons. The number of para-hydroxylation sites is 1. The molecular weight excluding hydrogens is 310 g/mol. The number of aromatic nitrogens is 2. The van der Waals surface area contributed by atoms with Crippen molar-refractivity contribution in [3.05, 3.63) is 58.6 Å². The lowest BCUT2D eigenvalue weighted by Gasteiger charge is -2.10. The maximum absolute atomic E-state index is 13.7. The summed E-state index contributed by atoms with van der Waals surface area (Å²) in [6.07, 6.45) is 0.585.